The number of benzene rings is 2. The van der Waals surface area contributed by atoms with Crippen LogP contribution in [0, 0.1) is 9.77 Å². The molecule has 0 fully saturated rings. The topological polar surface area (TPSA) is 51.6 Å². The van der Waals surface area contributed by atoms with E-state index in [1.807, 2.05) is 25.2 Å². The van der Waals surface area contributed by atoms with Crippen LogP contribution in [0.1, 0.15) is 5.56 Å². The first-order valence-electron chi connectivity index (χ1n) is 8.74. The van der Waals surface area contributed by atoms with Gasteiger partial charge in [-0.15, -0.1) is 5.10 Å². The third-order valence-electron chi connectivity index (χ3n) is 4.14. The number of aromatic nitrogens is 2. The van der Waals surface area contributed by atoms with Crippen LogP contribution in [0.4, 0.5) is 15.2 Å². The molecule has 0 radical (unpaired) electrons. The molecule has 2 aromatic carbocycles. The Morgan fingerprint density at radius 1 is 1.18 bits per heavy atom. The highest BCUT2D eigenvalue weighted by atomic mass is 32.1. The lowest BCUT2D eigenvalue weighted by molar-refractivity contribution is 0.171. The van der Waals surface area contributed by atoms with Crippen LogP contribution in [0.15, 0.2) is 42.5 Å². The molecule has 0 spiro atoms. The molecule has 1 aliphatic heterocycles. The monoisotopic (exact) mass is 418 g/mol. The van der Waals surface area contributed by atoms with Gasteiger partial charge in [-0.05, 0) is 61.2 Å². The Hall–Kier alpha value is -2.49. The summed E-state index contributed by atoms with van der Waals surface area (Å²) >= 11 is 6.81. The van der Waals surface area contributed by atoms with E-state index in [0.717, 1.165) is 29.3 Å². The predicted molar refractivity (Wildman–Crippen MR) is 110 cm³/mol. The Bertz CT molecular complexity index is 1020. The molecule has 0 amide bonds. The quantitative estimate of drug-likeness (QED) is 0.598. The maximum Gasteiger partial charge on any atom is 0.209 e. The van der Waals surface area contributed by atoms with Gasteiger partial charge >= 0.3 is 0 Å². The van der Waals surface area contributed by atoms with Crippen LogP contribution in [-0.2, 0) is 13.2 Å². The molecule has 0 saturated carbocycles. The average molecular weight is 419 g/mol. The zero-order chi connectivity index (χ0) is 19.5. The van der Waals surface area contributed by atoms with Crippen molar-refractivity contribution in [1.29, 1.82) is 0 Å². The molecule has 4 rings (SSSR count). The molecule has 0 unspecified atom stereocenters. The Balaban J connectivity index is 1.40. The molecule has 0 bridgehead atoms. The molecular weight excluding hydrogens is 399 g/mol. The SMILES string of the molecule is CN(Cc1ccc2c(c1)OCCO2)Cn1nc(Nc2ccc(F)cc2)sc1=S. The molecule has 0 atom stereocenters. The highest BCUT2D eigenvalue weighted by Gasteiger charge is 2.13. The number of nitrogens with one attached hydrogen (secondary N) is 1. The molecule has 0 saturated heterocycles. The molecular formula is C19H19FN4O2S2. The second-order valence-electron chi connectivity index (χ2n) is 6.44. The second-order valence-corrected chi connectivity index (χ2v) is 8.06. The van der Waals surface area contributed by atoms with Gasteiger partial charge in [0.15, 0.2) is 15.5 Å². The van der Waals surface area contributed by atoms with Crippen molar-refractivity contribution >= 4 is 34.4 Å². The van der Waals surface area contributed by atoms with Gasteiger partial charge in [0.25, 0.3) is 0 Å². The minimum atomic E-state index is -0.274. The van der Waals surface area contributed by atoms with E-state index < -0.39 is 0 Å². The van der Waals surface area contributed by atoms with Crippen molar-refractivity contribution in [3.8, 4) is 11.5 Å². The van der Waals surface area contributed by atoms with E-state index in [9.17, 15) is 4.39 Å². The first kappa shape index (κ1) is 18.9. The summed E-state index contributed by atoms with van der Waals surface area (Å²) in [6.07, 6.45) is 0. The number of fused-ring (bicyclic) bond motifs is 1. The summed E-state index contributed by atoms with van der Waals surface area (Å²) < 4.78 is 26.7. The molecule has 3 aromatic rings. The van der Waals surface area contributed by atoms with Gasteiger partial charge in [-0.3, -0.25) is 4.90 Å². The number of nitrogens with zero attached hydrogens (tertiary/aromatic N) is 3. The van der Waals surface area contributed by atoms with E-state index in [2.05, 4.69) is 15.3 Å². The average Bonchev–Trinajstić information content (AvgIpc) is 3.02. The molecule has 1 N–H and O–H groups in total. The molecule has 2 heterocycles. The van der Waals surface area contributed by atoms with Crippen LogP contribution in [0.5, 0.6) is 11.5 Å². The fraction of sp³-hybridized carbons (Fsp3) is 0.263. The predicted octanol–water partition coefficient (Wildman–Crippen LogP) is 4.42. The van der Waals surface area contributed by atoms with Crippen molar-refractivity contribution in [2.45, 2.75) is 13.2 Å². The van der Waals surface area contributed by atoms with Crippen LogP contribution in [0.2, 0.25) is 0 Å². The minimum absolute atomic E-state index is 0.274. The van der Waals surface area contributed by atoms with Crippen molar-refractivity contribution in [2.75, 3.05) is 25.6 Å². The zero-order valence-electron chi connectivity index (χ0n) is 15.2. The van der Waals surface area contributed by atoms with E-state index in [4.69, 9.17) is 21.7 Å². The molecule has 9 heteroatoms. The minimum Gasteiger partial charge on any atom is -0.486 e. The summed E-state index contributed by atoms with van der Waals surface area (Å²) in [5.74, 6) is 1.30. The molecule has 1 aliphatic rings. The van der Waals surface area contributed by atoms with Gasteiger partial charge in [-0.1, -0.05) is 17.4 Å². The van der Waals surface area contributed by atoms with Crippen molar-refractivity contribution in [2.24, 2.45) is 0 Å². The van der Waals surface area contributed by atoms with Crippen molar-refractivity contribution in [3.63, 3.8) is 0 Å². The molecule has 146 valence electrons. The van der Waals surface area contributed by atoms with Gasteiger partial charge in [0.2, 0.25) is 5.13 Å². The smallest absolute Gasteiger partial charge is 0.209 e. The maximum atomic E-state index is 13.0. The second kappa shape index (κ2) is 8.26. The van der Waals surface area contributed by atoms with Crippen LogP contribution in [0.25, 0.3) is 0 Å². The summed E-state index contributed by atoms with van der Waals surface area (Å²) in [4.78, 5) is 2.11. The number of ether oxygens (including phenoxy) is 2. The van der Waals surface area contributed by atoms with Crippen LogP contribution in [-0.4, -0.2) is 34.9 Å². The summed E-state index contributed by atoms with van der Waals surface area (Å²) in [7, 11) is 2.00. The lowest BCUT2D eigenvalue weighted by Gasteiger charge is -2.21. The Morgan fingerprint density at radius 3 is 2.71 bits per heavy atom. The van der Waals surface area contributed by atoms with Crippen LogP contribution in [0.3, 0.4) is 0 Å². The van der Waals surface area contributed by atoms with E-state index in [1.165, 1.54) is 23.5 Å². The fourth-order valence-corrected chi connectivity index (χ4v) is 3.89. The Labute approximate surface area is 171 Å². The number of hydrogen-bond donors (Lipinski definition) is 1. The van der Waals surface area contributed by atoms with Gasteiger partial charge in [0, 0.05) is 12.2 Å². The standard InChI is InChI=1S/C19H19FN4O2S2/c1-23(11-13-2-7-16-17(10-13)26-9-8-25-16)12-24-19(27)28-18(22-24)21-15-5-3-14(20)4-6-15/h2-7,10H,8-9,11-12H2,1H3,(H,21,22). The van der Waals surface area contributed by atoms with Crippen LogP contribution >= 0.6 is 23.6 Å². The fourth-order valence-electron chi connectivity index (χ4n) is 2.88. The third kappa shape index (κ3) is 4.49. The summed E-state index contributed by atoms with van der Waals surface area (Å²) in [6, 6.07) is 12.1. The lowest BCUT2D eigenvalue weighted by Crippen LogP contribution is -2.22. The van der Waals surface area contributed by atoms with E-state index in [0.29, 0.717) is 29.0 Å². The Morgan fingerprint density at radius 2 is 1.93 bits per heavy atom. The highest BCUT2D eigenvalue weighted by molar-refractivity contribution is 7.73. The molecule has 6 nitrogen and oxygen atoms in total. The van der Waals surface area contributed by atoms with Gasteiger partial charge in [-0.25, -0.2) is 9.07 Å². The van der Waals surface area contributed by atoms with E-state index in [1.54, 1.807) is 16.8 Å². The Kier molecular flexibility index (Phi) is 5.56. The number of halogens is 1. The number of anilines is 2. The normalized spacial score (nSPS) is 13.0. The molecule has 28 heavy (non-hydrogen) atoms. The van der Waals surface area contributed by atoms with Crippen molar-refractivity contribution in [3.05, 3.63) is 57.8 Å². The largest absolute Gasteiger partial charge is 0.486 e. The van der Waals surface area contributed by atoms with E-state index in [-0.39, 0.29) is 5.82 Å². The summed E-state index contributed by atoms with van der Waals surface area (Å²) in [5, 5.41) is 8.34. The zero-order valence-corrected chi connectivity index (χ0v) is 16.9. The first-order valence-corrected chi connectivity index (χ1v) is 9.97. The number of rotatable bonds is 6. The number of hydrogen-bond acceptors (Lipinski definition) is 7. The van der Waals surface area contributed by atoms with Crippen LogP contribution < -0.4 is 14.8 Å². The summed E-state index contributed by atoms with van der Waals surface area (Å²) in [6.45, 7) is 2.43. The van der Waals surface area contributed by atoms with Gasteiger partial charge < -0.3 is 14.8 Å². The van der Waals surface area contributed by atoms with Crippen molar-refractivity contribution in [1.82, 2.24) is 14.7 Å². The lowest BCUT2D eigenvalue weighted by atomic mass is 10.2. The van der Waals surface area contributed by atoms with E-state index >= 15 is 0 Å². The molecule has 1 aromatic heterocycles. The molecule has 0 aliphatic carbocycles. The third-order valence-corrected chi connectivity index (χ3v) is 5.36. The summed E-state index contributed by atoms with van der Waals surface area (Å²) in [5.41, 5.74) is 1.89. The van der Waals surface area contributed by atoms with Gasteiger partial charge in [0.1, 0.15) is 19.0 Å². The van der Waals surface area contributed by atoms with Crippen molar-refractivity contribution < 1.29 is 13.9 Å². The van der Waals surface area contributed by atoms with Gasteiger partial charge in [-0.2, -0.15) is 0 Å². The van der Waals surface area contributed by atoms with Gasteiger partial charge in [0.05, 0.1) is 6.67 Å². The maximum absolute atomic E-state index is 13.0. The highest BCUT2D eigenvalue weighted by Crippen LogP contribution is 2.31. The first-order chi connectivity index (χ1) is 13.6.